The van der Waals surface area contributed by atoms with Crippen LogP contribution in [0.2, 0.25) is 0 Å². The second kappa shape index (κ2) is 4.79. The van der Waals surface area contributed by atoms with Gasteiger partial charge in [0.15, 0.2) is 0 Å². The molecule has 0 saturated carbocycles. The van der Waals surface area contributed by atoms with E-state index in [2.05, 4.69) is 24.3 Å². The molecule has 2 heterocycles. The Balaban J connectivity index is 1.99. The van der Waals surface area contributed by atoms with Crippen LogP contribution >= 0.6 is 0 Å². The van der Waals surface area contributed by atoms with Crippen molar-refractivity contribution in [1.82, 2.24) is 10.5 Å². The van der Waals surface area contributed by atoms with E-state index in [1.165, 1.54) is 24.8 Å². The third-order valence-corrected chi connectivity index (χ3v) is 3.14. The van der Waals surface area contributed by atoms with E-state index >= 15 is 0 Å². The van der Waals surface area contributed by atoms with Gasteiger partial charge in [0.25, 0.3) is 0 Å². The minimum absolute atomic E-state index is 0.509. The highest BCUT2D eigenvalue weighted by Crippen LogP contribution is 2.21. The number of aromatic nitrogens is 1. The molecule has 1 N–H and O–H groups in total. The molecular weight excluding hydrogens is 188 g/mol. The minimum Gasteiger partial charge on any atom is -0.361 e. The van der Waals surface area contributed by atoms with Crippen molar-refractivity contribution < 1.29 is 4.52 Å². The molecule has 1 aromatic rings. The van der Waals surface area contributed by atoms with Crippen LogP contribution in [-0.2, 0) is 6.42 Å². The Morgan fingerprint density at radius 1 is 1.53 bits per heavy atom. The van der Waals surface area contributed by atoms with Gasteiger partial charge in [0.2, 0.25) is 0 Å². The Hall–Kier alpha value is -0.830. The molecule has 1 atom stereocenters. The lowest BCUT2D eigenvalue weighted by Gasteiger charge is -2.22. The van der Waals surface area contributed by atoms with Gasteiger partial charge in [-0.3, -0.25) is 0 Å². The highest BCUT2D eigenvalue weighted by Gasteiger charge is 2.18. The first-order chi connectivity index (χ1) is 7.27. The summed E-state index contributed by atoms with van der Waals surface area (Å²) in [6.07, 6.45) is 6.77. The van der Waals surface area contributed by atoms with E-state index in [-0.39, 0.29) is 0 Å². The van der Waals surface area contributed by atoms with E-state index in [0.717, 1.165) is 18.7 Å². The smallest absolute Gasteiger partial charge is 0.141 e. The van der Waals surface area contributed by atoms with Gasteiger partial charge in [0.1, 0.15) is 5.76 Å². The van der Waals surface area contributed by atoms with Crippen molar-refractivity contribution in [3.63, 3.8) is 0 Å². The standard InChI is InChI=1S/C12H20N2O/c1-9(2)11-8-14-15-12(11)7-10-5-3-4-6-13-10/h8-10,13H,3-7H2,1-2H3. The summed E-state index contributed by atoms with van der Waals surface area (Å²) >= 11 is 0. The molecule has 0 aliphatic carbocycles. The van der Waals surface area contributed by atoms with E-state index in [0.29, 0.717) is 12.0 Å². The molecule has 3 nitrogen and oxygen atoms in total. The van der Waals surface area contributed by atoms with Crippen molar-refractivity contribution in [3.05, 3.63) is 17.5 Å². The Bertz CT molecular complexity index is 300. The van der Waals surface area contributed by atoms with Gasteiger partial charge in [0.05, 0.1) is 6.20 Å². The molecule has 2 rings (SSSR count). The second-order valence-electron chi connectivity index (χ2n) is 4.71. The second-order valence-corrected chi connectivity index (χ2v) is 4.71. The fraction of sp³-hybridized carbons (Fsp3) is 0.750. The van der Waals surface area contributed by atoms with Crippen LogP contribution in [0.5, 0.6) is 0 Å². The van der Waals surface area contributed by atoms with Gasteiger partial charge in [0, 0.05) is 18.0 Å². The number of nitrogens with one attached hydrogen (secondary N) is 1. The first-order valence-electron chi connectivity index (χ1n) is 5.94. The number of hydrogen-bond acceptors (Lipinski definition) is 3. The van der Waals surface area contributed by atoms with Crippen molar-refractivity contribution in [2.75, 3.05) is 6.54 Å². The first kappa shape index (κ1) is 10.7. The van der Waals surface area contributed by atoms with Crippen LogP contribution in [0.3, 0.4) is 0 Å². The van der Waals surface area contributed by atoms with Crippen LogP contribution < -0.4 is 5.32 Å². The molecule has 1 unspecified atom stereocenters. The summed E-state index contributed by atoms with van der Waals surface area (Å²) in [5.74, 6) is 1.58. The normalized spacial score (nSPS) is 22.2. The lowest BCUT2D eigenvalue weighted by Crippen LogP contribution is -2.35. The zero-order chi connectivity index (χ0) is 10.7. The average Bonchev–Trinajstić information content (AvgIpc) is 2.67. The molecule has 84 valence electrons. The Labute approximate surface area is 91.2 Å². The Kier molecular flexibility index (Phi) is 3.41. The third-order valence-electron chi connectivity index (χ3n) is 3.14. The van der Waals surface area contributed by atoms with Crippen LogP contribution in [0.1, 0.15) is 50.4 Å². The van der Waals surface area contributed by atoms with Crippen molar-refractivity contribution in [2.45, 2.75) is 51.5 Å². The predicted molar refractivity (Wildman–Crippen MR) is 59.9 cm³/mol. The summed E-state index contributed by atoms with van der Waals surface area (Å²) in [5, 5.41) is 7.44. The maximum absolute atomic E-state index is 5.34. The molecule has 1 aliphatic rings. The molecule has 3 heteroatoms. The fourth-order valence-corrected chi connectivity index (χ4v) is 2.22. The number of piperidine rings is 1. The van der Waals surface area contributed by atoms with Crippen LogP contribution in [0, 0.1) is 0 Å². The van der Waals surface area contributed by atoms with Crippen LogP contribution in [0.4, 0.5) is 0 Å². The molecular formula is C12H20N2O. The monoisotopic (exact) mass is 208 g/mol. The fourth-order valence-electron chi connectivity index (χ4n) is 2.22. The predicted octanol–water partition coefficient (Wildman–Crippen LogP) is 2.48. The molecule has 1 aromatic heterocycles. The zero-order valence-corrected chi connectivity index (χ0v) is 9.62. The molecule has 1 aliphatic heterocycles. The number of rotatable bonds is 3. The van der Waals surface area contributed by atoms with E-state index in [9.17, 15) is 0 Å². The van der Waals surface area contributed by atoms with Crippen LogP contribution in [-0.4, -0.2) is 17.7 Å². The SMILES string of the molecule is CC(C)c1cnoc1CC1CCCCN1. The zero-order valence-electron chi connectivity index (χ0n) is 9.62. The van der Waals surface area contributed by atoms with Gasteiger partial charge >= 0.3 is 0 Å². The van der Waals surface area contributed by atoms with Gasteiger partial charge in [-0.2, -0.15) is 0 Å². The molecule has 15 heavy (non-hydrogen) atoms. The van der Waals surface area contributed by atoms with E-state index in [1.54, 1.807) is 0 Å². The maximum Gasteiger partial charge on any atom is 0.141 e. The minimum atomic E-state index is 0.509. The summed E-state index contributed by atoms with van der Waals surface area (Å²) < 4.78 is 5.34. The summed E-state index contributed by atoms with van der Waals surface area (Å²) in [5.41, 5.74) is 1.27. The van der Waals surface area contributed by atoms with E-state index in [4.69, 9.17) is 4.52 Å². The van der Waals surface area contributed by atoms with Gasteiger partial charge in [-0.1, -0.05) is 25.4 Å². The largest absolute Gasteiger partial charge is 0.361 e. The van der Waals surface area contributed by atoms with Crippen molar-refractivity contribution >= 4 is 0 Å². The summed E-state index contributed by atoms with van der Waals surface area (Å²) in [6.45, 7) is 5.52. The van der Waals surface area contributed by atoms with Crippen molar-refractivity contribution in [2.24, 2.45) is 0 Å². The Morgan fingerprint density at radius 2 is 2.40 bits per heavy atom. The highest BCUT2D eigenvalue weighted by molar-refractivity contribution is 5.18. The lowest BCUT2D eigenvalue weighted by molar-refractivity contribution is 0.335. The quantitative estimate of drug-likeness (QED) is 0.829. The third kappa shape index (κ3) is 2.59. The molecule has 0 aromatic carbocycles. The van der Waals surface area contributed by atoms with Gasteiger partial charge in [-0.05, 0) is 25.3 Å². The first-order valence-corrected chi connectivity index (χ1v) is 5.94. The number of nitrogens with zero attached hydrogens (tertiary/aromatic N) is 1. The maximum atomic E-state index is 5.34. The summed E-state index contributed by atoms with van der Waals surface area (Å²) in [4.78, 5) is 0. The van der Waals surface area contributed by atoms with Gasteiger partial charge in [-0.25, -0.2) is 0 Å². The molecule has 0 bridgehead atoms. The summed E-state index contributed by atoms with van der Waals surface area (Å²) in [6, 6.07) is 0.587. The number of hydrogen-bond donors (Lipinski definition) is 1. The van der Waals surface area contributed by atoms with Crippen LogP contribution in [0.25, 0.3) is 0 Å². The van der Waals surface area contributed by atoms with Crippen molar-refractivity contribution in [3.8, 4) is 0 Å². The molecule has 0 amide bonds. The molecule has 0 spiro atoms. The van der Waals surface area contributed by atoms with E-state index < -0.39 is 0 Å². The van der Waals surface area contributed by atoms with Crippen molar-refractivity contribution in [1.29, 1.82) is 0 Å². The van der Waals surface area contributed by atoms with Crippen LogP contribution in [0.15, 0.2) is 10.7 Å². The van der Waals surface area contributed by atoms with Gasteiger partial charge < -0.3 is 9.84 Å². The molecule has 1 saturated heterocycles. The average molecular weight is 208 g/mol. The summed E-state index contributed by atoms with van der Waals surface area (Å²) in [7, 11) is 0. The Morgan fingerprint density at radius 3 is 3.07 bits per heavy atom. The van der Waals surface area contributed by atoms with E-state index in [1.807, 2.05) is 6.20 Å². The van der Waals surface area contributed by atoms with Gasteiger partial charge in [-0.15, -0.1) is 0 Å². The topological polar surface area (TPSA) is 38.1 Å². The molecule has 0 radical (unpaired) electrons. The lowest BCUT2D eigenvalue weighted by atomic mass is 9.96. The highest BCUT2D eigenvalue weighted by atomic mass is 16.5. The molecule has 1 fully saturated rings.